The summed E-state index contributed by atoms with van der Waals surface area (Å²) in [4.78, 5) is 13.7. The number of hydrogen-bond donors (Lipinski definition) is 1. The van der Waals surface area contributed by atoms with Crippen molar-refractivity contribution in [2.45, 2.75) is 32.7 Å². The lowest BCUT2D eigenvalue weighted by Crippen LogP contribution is -2.21. The monoisotopic (exact) mass is 413 g/mol. The molecule has 6 nitrogen and oxygen atoms in total. The Labute approximate surface area is 160 Å². The minimum atomic E-state index is -0.180. The third kappa shape index (κ3) is 4.35. The number of anilines is 1. The summed E-state index contributed by atoms with van der Waals surface area (Å²) in [7, 11) is 0. The van der Waals surface area contributed by atoms with Crippen molar-refractivity contribution in [3.05, 3.63) is 58.6 Å². The van der Waals surface area contributed by atoms with Crippen LogP contribution in [0.1, 0.15) is 31.7 Å². The summed E-state index contributed by atoms with van der Waals surface area (Å²) in [5.41, 5.74) is 2.81. The maximum Gasteiger partial charge on any atom is 0.248 e. The van der Waals surface area contributed by atoms with Gasteiger partial charge < -0.3 is 5.32 Å². The van der Waals surface area contributed by atoms with Crippen molar-refractivity contribution in [3.63, 3.8) is 0 Å². The normalized spacial score (nSPS) is 12.0. The van der Waals surface area contributed by atoms with E-state index in [1.807, 2.05) is 48.5 Å². The van der Waals surface area contributed by atoms with Gasteiger partial charge in [0.15, 0.2) is 0 Å². The van der Waals surface area contributed by atoms with Crippen LogP contribution in [0.2, 0.25) is 0 Å². The van der Waals surface area contributed by atoms with E-state index in [1.54, 1.807) is 0 Å². The van der Waals surface area contributed by atoms with Crippen LogP contribution in [-0.4, -0.2) is 26.1 Å². The smallest absolute Gasteiger partial charge is 0.248 e. The molecular formula is C19H20BrN5O. The van der Waals surface area contributed by atoms with Crippen LogP contribution >= 0.6 is 15.9 Å². The van der Waals surface area contributed by atoms with Crippen LogP contribution in [0.4, 0.5) is 5.69 Å². The maximum atomic E-state index is 12.4. The fourth-order valence-electron chi connectivity index (χ4n) is 2.60. The molecule has 1 N–H and O–H groups in total. The molecule has 3 rings (SSSR count). The van der Waals surface area contributed by atoms with Crippen LogP contribution in [-0.2, 0) is 11.3 Å². The van der Waals surface area contributed by atoms with Gasteiger partial charge in [0.25, 0.3) is 0 Å². The van der Waals surface area contributed by atoms with Gasteiger partial charge in [-0.05, 0) is 53.4 Å². The predicted molar refractivity (Wildman–Crippen MR) is 105 cm³/mol. The molecule has 0 unspecified atom stereocenters. The second-order valence-electron chi connectivity index (χ2n) is 6.10. The quantitative estimate of drug-likeness (QED) is 0.655. The SMILES string of the molecule is CC[C@@H](C)c1ccccc1NC(=O)Cn1nnc(-c2ccc(Br)cc2)n1. The first-order chi connectivity index (χ1) is 12.6. The third-order valence-corrected chi connectivity index (χ3v) is 4.75. The van der Waals surface area contributed by atoms with Crippen molar-refractivity contribution >= 4 is 27.5 Å². The standard InChI is InChI=1S/C19H20BrN5O/c1-3-13(2)16-6-4-5-7-17(16)21-18(26)12-25-23-19(22-24-25)14-8-10-15(20)11-9-14/h4-11,13H,3,12H2,1-2H3,(H,21,26)/t13-/m1/s1. The molecule has 0 aliphatic carbocycles. The van der Waals surface area contributed by atoms with Gasteiger partial charge in [-0.2, -0.15) is 4.80 Å². The van der Waals surface area contributed by atoms with Crippen molar-refractivity contribution in [2.24, 2.45) is 0 Å². The summed E-state index contributed by atoms with van der Waals surface area (Å²) in [6, 6.07) is 15.5. The molecule has 7 heteroatoms. The summed E-state index contributed by atoms with van der Waals surface area (Å²) in [5, 5.41) is 15.2. The summed E-state index contributed by atoms with van der Waals surface area (Å²) in [6.45, 7) is 4.29. The Hall–Kier alpha value is -2.54. The van der Waals surface area contributed by atoms with E-state index >= 15 is 0 Å². The van der Waals surface area contributed by atoms with Gasteiger partial charge in [0.2, 0.25) is 11.7 Å². The lowest BCUT2D eigenvalue weighted by Gasteiger charge is -2.15. The van der Waals surface area contributed by atoms with Crippen molar-refractivity contribution in [2.75, 3.05) is 5.32 Å². The average molecular weight is 414 g/mol. The summed E-state index contributed by atoms with van der Waals surface area (Å²) < 4.78 is 0.980. The van der Waals surface area contributed by atoms with Gasteiger partial charge in [-0.15, -0.1) is 10.2 Å². The van der Waals surface area contributed by atoms with Crippen LogP contribution in [0.25, 0.3) is 11.4 Å². The topological polar surface area (TPSA) is 72.7 Å². The summed E-state index contributed by atoms with van der Waals surface area (Å²) >= 11 is 3.39. The number of carbonyl (C=O) groups excluding carboxylic acids is 1. The van der Waals surface area contributed by atoms with Crippen LogP contribution in [0.15, 0.2) is 53.0 Å². The third-order valence-electron chi connectivity index (χ3n) is 4.22. The van der Waals surface area contributed by atoms with Crippen LogP contribution in [0.5, 0.6) is 0 Å². The summed E-state index contributed by atoms with van der Waals surface area (Å²) in [5.74, 6) is 0.686. The largest absolute Gasteiger partial charge is 0.324 e. The molecule has 0 bridgehead atoms. The highest BCUT2D eigenvalue weighted by Gasteiger charge is 2.13. The molecular weight excluding hydrogens is 394 g/mol. The van der Waals surface area contributed by atoms with E-state index < -0.39 is 0 Å². The van der Waals surface area contributed by atoms with Gasteiger partial charge in [0, 0.05) is 15.7 Å². The first-order valence-electron chi connectivity index (χ1n) is 8.49. The van der Waals surface area contributed by atoms with E-state index in [2.05, 4.69) is 50.5 Å². The van der Waals surface area contributed by atoms with Gasteiger partial charge in [0.1, 0.15) is 6.54 Å². The average Bonchev–Trinajstić information content (AvgIpc) is 3.10. The summed E-state index contributed by atoms with van der Waals surface area (Å²) in [6.07, 6.45) is 1.01. The highest BCUT2D eigenvalue weighted by atomic mass is 79.9. The Balaban J connectivity index is 1.69. The number of benzene rings is 2. The minimum Gasteiger partial charge on any atom is -0.324 e. The number of nitrogens with zero attached hydrogens (tertiary/aromatic N) is 4. The fourth-order valence-corrected chi connectivity index (χ4v) is 2.87. The Kier molecular flexibility index (Phi) is 5.78. The molecule has 134 valence electrons. The molecule has 1 amide bonds. The number of nitrogens with one attached hydrogen (secondary N) is 1. The van der Waals surface area contributed by atoms with Crippen LogP contribution in [0.3, 0.4) is 0 Å². The minimum absolute atomic E-state index is 0.0123. The highest BCUT2D eigenvalue weighted by molar-refractivity contribution is 9.10. The lowest BCUT2D eigenvalue weighted by molar-refractivity contribution is -0.117. The number of hydrogen-bond acceptors (Lipinski definition) is 4. The number of amides is 1. The molecule has 0 aliphatic rings. The predicted octanol–water partition coefficient (Wildman–Crippen LogP) is 4.25. The molecule has 1 heterocycles. The Morgan fingerprint density at radius 2 is 1.92 bits per heavy atom. The molecule has 0 fully saturated rings. The van der Waals surface area contributed by atoms with Gasteiger partial charge in [-0.3, -0.25) is 4.79 Å². The van der Waals surface area contributed by atoms with Gasteiger partial charge in [0.05, 0.1) is 0 Å². The molecule has 3 aromatic rings. The zero-order valence-electron chi connectivity index (χ0n) is 14.7. The molecule has 0 aliphatic heterocycles. The second kappa shape index (κ2) is 8.23. The maximum absolute atomic E-state index is 12.4. The van der Waals surface area contributed by atoms with E-state index in [-0.39, 0.29) is 12.5 Å². The number of carbonyl (C=O) groups is 1. The molecule has 1 aromatic heterocycles. The van der Waals surface area contributed by atoms with Gasteiger partial charge >= 0.3 is 0 Å². The van der Waals surface area contributed by atoms with Gasteiger partial charge in [-0.25, -0.2) is 0 Å². The zero-order valence-corrected chi connectivity index (χ0v) is 16.3. The van der Waals surface area contributed by atoms with E-state index in [0.717, 1.165) is 27.7 Å². The Morgan fingerprint density at radius 1 is 1.19 bits per heavy atom. The Bertz CT molecular complexity index is 891. The first kappa shape index (κ1) is 18.3. The van der Waals surface area contributed by atoms with Gasteiger partial charge in [-0.1, -0.05) is 48.0 Å². The zero-order chi connectivity index (χ0) is 18.5. The number of para-hydroxylation sites is 1. The lowest BCUT2D eigenvalue weighted by atomic mass is 9.97. The van der Waals surface area contributed by atoms with Crippen LogP contribution in [0, 0.1) is 0 Å². The molecule has 2 aromatic carbocycles. The Morgan fingerprint density at radius 3 is 2.65 bits per heavy atom. The molecule has 26 heavy (non-hydrogen) atoms. The number of aromatic nitrogens is 4. The highest BCUT2D eigenvalue weighted by Crippen LogP contribution is 2.26. The second-order valence-corrected chi connectivity index (χ2v) is 7.01. The number of halogens is 1. The first-order valence-corrected chi connectivity index (χ1v) is 9.28. The molecule has 0 radical (unpaired) electrons. The molecule has 1 atom stereocenters. The fraction of sp³-hybridized carbons (Fsp3) is 0.263. The number of rotatable bonds is 6. The van der Waals surface area contributed by atoms with E-state index in [4.69, 9.17) is 0 Å². The molecule has 0 saturated heterocycles. The van der Waals surface area contributed by atoms with Crippen molar-refractivity contribution in [1.82, 2.24) is 20.2 Å². The van der Waals surface area contributed by atoms with E-state index in [9.17, 15) is 4.79 Å². The molecule has 0 spiro atoms. The van der Waals surface area contributed by atoms with Crippen molar-refractivity contribution < 1.29 is 4.79 Å². The number of tetrazole rings is 1. The molecule has 0 saturated carbocycles. The van der Waals surface area contributed by atoms with Crippen LogP contribution < -0.4 is 5.32 Å². The van der Waals surface area contributed by atoms with E-state index in [1.165, 1.54) is 4.80 Å². The van der Waals surface area contributed by atoms with Crippen molar-refractivity contribution in [1.29, 1.82) is 0 Å². The van der Waals surface area contributed by atoms with E-state index in [0.29, 0.717) is 11.7 Å². The van der Waals surface area contributed by atoms with Crippen molar-refractivity contribution in [3.8, 4) is 11.4 Å².